The first-order valence-electron chi connectivity index (χ1n) is 11.6. The van der Waals surface area contributed by atoms with Gasteiger partial charge in [0.25, 0.3) is 11.1 Å². The van der Waals surface area contributed by atoms with Crippen LogP contribution in [0.2, 0.25) is 0 Å². The summed E-state index contributed by atoms with van der Waals surface area (Å²) in [5, 5.41) is 2.32. The van der Waals surface area contributed by atoms with Crippen molar-refractivity contribution in [2.45, 2.75) is 52.5 Å². The third kappa shape index (κ3) is 4.75. The summed E-state index contributed by atoms with van der Waals surface area (Å²) in [5.74, 6) is -0.447. The van der Waals surface area contributed by atoms with E-state index in [0.717, 1.165) is 40.8 Å². The largest absolute Gasteiger partial charge is 0.366 e. The first-order valence-corrected chi connectivity index (χ1v) is 12.4. The summed E-state index contributed by atoms with van der Waals surface area (Å²) in [4.78, 5) is 41.7. The third-order valence-electron chi connectivity index (χ3n) is 6.50. The summed E-state index contributed by atoms with van der Waals surface area (Å²) < 4.78 is 0. The van der Waals surface area contributed by atoms with Gasteiger partial charge in [0.05, 0.1) is 4.91 Å². The molecular weight excluding hydrogens is 446 g/mol. The minimum atomic E-state index is -0.434. The highest BCUT2D eigenvalue weighted by Gasteiger charge is 2.37. The lowest BCUT2D eigenvalue weighted by atomic mass is 9.79. The molecule has 34 heavy (non-hydrogen) atoms. The number of amides is 3. The van der Waals surface area contributed by atoms with E-state index in [1.54, 1.807) is 12.1 Å². The first kappa shape index (κ1) is 24.1. The van der Waals surface area contributed by atoms with Crippen LogP contribution in [0.5, 0.6) is 0 Å². The number of aryl methyl sites for hydroxylation is 1. The van der Waals surface area contributed by atoms with E-state index in [0.29, 0.717) is 16.5 Å². The molecule has 0 radical (unpaired) electrons. The number of benzene rings is 2. The molecule has 0 spiro atoms. The van der Waals surface area contributed by atoms with Gasteiger partial charge in [0.2, 0.25) is 5.91 Å². The number of fused-ring (bicyclic) bond motifs is 1. The zero-order chi connectivity index (χ0) is 24.6. The van der Waals surface area contributed by atoms with Gasteiger partial charge in [0.15, 0.2) is 0 Å². The van der Waals surface area contributed by atoms with Crippen molar-refractivity contribution in [1.82, 2.24) is 4.90 Å². The van der Waals surface area contributed by atoms with Crippen LogP contribution in [0.3, 0.4) is 0 Å². The van der Waals surface area contributed by atoms with E-state index in [1.165, 1.54) is 11.3 Å². The Bertz CT molecular complexity index is 1190. The average Bonchev–Trinajstić information content (AvgIpc) is 3.01. The lowest BCUT2D eigenvalue weighted by Crippen LogP contribution is -2.48. The minimum absolute atomic E-state index is 0.0877. The van der Waals surface area contributed by atoms with Crippen LogP contribution >= 0.6 is 11.8 Å². The van der Waals surface area contributed by atoms with Gasteiger partial charge in [-0.25, -0.2) is 0 Å². The van der Waals surface area contributed by atoms with Crippen LogP contribution < -0.4 is 10.2 Å². The van der Waals surface area contributed by atoms with Crippen molar-refractivity contribution in [1.29, 1.82) is 0 Å². The second kappa shape index (κ2) is 9.29. The van der Waals surface area contributed by atoms with Gasteiger partial charge in [-0.3, -0.25) is 19.3 Å². The van der Waals surface area contributed by atoms with Crippen molar-refractivity contribution >= 4 is 46.3 Å². The van der Waals surface area contributed by atoms with E-state index in [-0.39, 0.29) is 12.1 Å². The topological polar surface area (TPSA) is 69.7 Å². The number of hydrogen-bond donors (Lipinski definition) is 1. The first-order chi connectivity index (χ1) is 16.1. The average molecular weight is 478 g/mol. The molecule has 7 heteroatoms. The Kier molecular flexibility index (Phi) is 6.58. The molecule has 3 amide bonds. The van der Waals surface area contributed by atoms with Crippen molar-refractivity contribution in [2.24, 2.45) is 0 Å². The third-order valence-corrected chi connectivity index (χ3v) is 7.41. The number of hydrogen-bond acceptors (Lipinski definition) is 5. The summed E-state index contributed by atoms with van der Waals surface area (Å²) in [6, 6.07) is 13.6. The predicted octanol–water partition coefficient (Wildman–Crippen LogP) is 5.78. The lowest BCUT2D eigenvalue weighted by Gasteiger charge is -2.47. The maximum absolute atomic E-state index is 12.9. The maximum atomic E-state index is 12.9. The molecule has 2 aromatic carbocycles. The summed E-state index contributed by atoms with van der Waals surface area (Å²) >= 11 is 0.878. The Labute approximate surface area is 205 Å². The molecule has 4 rings (SSSR count). The van der Waals surface area contributed by atoms with Crippen LogP contribution in [0.15, 0.2) is 47.4 Å². The van der Waals surface area contributed by atoms with Crippen molar-refractivity contribution in [3.05, 3.63) is 64.1 Å². The second-order valence-electron chi connectivity index (χ2n) is 9.67. The van der Waals surface area contributed by atoms with Crippen LogP contribution in [0.25, 0.3) is 6.08 Å². The summed E-state index contributed by atoms with van der Waals surface area (Å²) in [6.45, 7) is 11.5. The summed E-state index contributed by atoms with van der Waals surface area (Å²) in [5.41, 5.74) is 5.11. The van der Waals surface area contributed by atoms with Crippen LogP contribution in [0.1, 0.15) is 56.7 Å². The predicted molar refractivity (Wildman–Crippen MR) is 139 cm³/mol. The summed E-state index contributed by atoms with van der Waals surface area (Å²) in [7, 11) is 0. The van der Waals surface area contributed by atoms with Crippen LogP contribution in [0.4, 0.5) is 16.2 Å². The van der Waals surface area contributed by atoms with Crippen LogP contribution in [-0.2, 0) is 9.59 Å². The van der Waals surface area contributed by atoms with E-state index >= 15 is 0 Å². The van der Waals surface area contributed by atoms with E-state index in [1.807, 2.05) is 31.2 Å². The molecule has 0 bridgehead atoms. The van der Waals surface area contributed by atoms with Crippen LogP contribution in [-0.4, -0.2) is 40.6 Å². The molecule has 1 N–H and O–H groups in total. The van der Waals surface area contributed by atoms with E-state index in [9.17, 15) is 14.4 Å². The molecule has 1 unspecified atom stereocenters. The molecule has 2 aliphatic heterocycles. The normalized spacial score (nSPS) is 20.6. The van der Waals surface area contributed by atoms with Crippen molar-refractivity contribution in [2.75, 3.05) is 23.3 Å². The Morgan fingerprint density at radius 1 is 1.21 bits per heavy atom. The van der Waals surface area contributed by atoms with Gasteiger partial charge in [-0.15, -0.1) is 0 Å². The Balaban J connectivity index is 1.51. The molecule has 1 fully saturated rings. The SMILES string of the molecule is CCN1c2ccc(/C=C3/SC(=O)N(CC(=O)Nc4cccc(C)c4)C3=O)cc2C(C)CC1(C)C. The number of carbonyl (C=O) groups is 3. The minimum Gasteiger partial charge on any atom is -0.366 e. The van der Waals surface area contributed by atoms with Gasteiger partial charge >= 0.3 is 0 Å². The highest BCUT2D eigenvalue weighted by atomic mass is 32.2. The number of thioether (sulfide) groups is 1. The zero-order valence-corrected chi connectivity index (χ0v) is 21.2. The standard InChI is InChI=1S/C27H31N3O3S/c1-6-30-22-11-10-19(13-21(22)18(3)15-27(30,4)5)14-23-25(32)29(26(33)34-23)16-24(31)28-20-9-7-8-17(2)12-20/h7-14,18H,6,15-16H2,1-5H3,(H,28,31)/b23-14+. The Hall–Kier alpha value is -3.06. The summed E-state index contributed by atoms with van der Waals surface area (Å²) in [6.07, 6.45) is 2.80. The van der Waals surface area contributed by atoms with Gasteiger partial charge < -0.3 is 10.2 Å². The number of carbonyl (C=O) groups excluding carboxylic acids is 3. The van der Waals surface area contributed by atoms with Gasteiger partial charge in [-0.1, -0.05) is 25.1 Å². The molecule has 1 atom stereocenters. The fourth-order valence-electron chi connectivity index (χ4n) is 5.05. The monoisotopic (exact) mass is 477 g/mol. The molecule has 1 saturated heterocycles. The number of rotatable bonds is 5. The van der Waals surface area contributed by atoms with Crippen molar-refractivity contribution in [3.63, 3.8) is 0 Å². The fourth-order valence-corrected chi connectivity index (χ4v) is 5.89. The molecule has 2 aliphatic rings. The van der Waals surface area contributed by atoms with Gasteiger partial charge in [-0.2, -0.15) is 0 Å². The van der Waals surface area contributed by atoms with E-state index in [4.69, 9.17) is 0 Å². The fraction of sp³-hybridized carbons (Fsp3) is 0.370. The van der Waals surface area contributed by atoms with Gasteiger partial charge in [0, 0.05) is 23.5 Å². The Morgan fingerprint density at radius 2 is 1.97 bits per heavy atom. The molecule has 2 aromatic rings. The maximum Gasteiger partial charge on any atom is 0.294 e. The van der Waals surface area contributed by atoms with Gasteiger partial charge in [0.1, 0.15) is 6.54 Å². The molecule has 0 aliphatic carbocycles. The van der Waals surface area contributed by atoms with Crippen molar-refractivity contribution in [3.8, 4) is 0 Å². The lowest BCUT2D eigenvalue weighted by molar-refractivity contribution is -0.127. The number of anilines is 2. The molecular formula is C27H31N3O3S. The smallest absolute Gasteiger partial charge is 0.294 e. The number of nitrogens with zero attached hydrogens (tertiary/aromatic N) is 2. The molecule has 2 heterocycles. The zero-order valence-electron chi connectivity index (χ0n) is 20.3. The molecule has 0 saturated carbocycles. The highest BCUT2D eigenvalue weighted by Crippen LogP contribution is 2.44. The molecule has 6 nitrogen and oxygen atoms in total. The number of nitrogens with one attached hydrogen (secondary N) is 1. The van der Waals surface area contributed by atoms with E-state index in [2.05, 4.69) is 50.0 Å². The number of imide groups is 1. The molecule has 178 valence electrons. The highest BCUT2D eigenvalue weighted by molar-refractivity contribution is 8.18. The quantitative estimate of drug-likeness (QED) is 0.553. The molecule has 0 aromatic heterocycles. The van der Waals surface area contributed by atoms with Crippen molar-refractivity contribution < 1.29 is 14.4 Å². The van der Waals surface area contributed by atoms with E-state index < -0.39 is 17.1 Å². The Morgan fingerprint density at radius 3 is 2.68 bits per heavy atom. The second-order valence-corrected chi connectivity index (χ2v) is 10.7. The van der Waals surface area contributed by atoms with Crippen LogP contribution in [0, 0.1) is 6.92 Å². The van der Waals surface area contributed by atoms with Gasteiger partial charge in [-0.05, 0) is 98.8 Å².